The molecule has 6 heteroatoms. The van der Waals surface area contributed by atoms with E-state index in [0.717, 1.165) is 4.90 Å². The van der Waals surface area contributed by atoms with E-state index in [2.05, 4.69) is 0 Å². The third-order valence-electron chi connectivity index (χ3n) is 2.70. The Morgan fingerprint density at radius 2 is 2.06 bits per heavy atom. The number of carboxylic acids is 1. The quantitative estimate of drug-likeness (QED) is 0.810. The second-order valence-corrected chi connectivity index (χ2v) is 4.04. The van der Waals surface area contributed by atoms with Gasteiger partial charge in [-0.05, 0) is 19.9 Å². The fraction of sp³-hybridized carbons (Fsp3) is 0.250. The molecule has 1 aliphatic heterocycles. The highest BCUT2D eigenvalue weighted by molar-refractivity contribution is 6.15. The van der Waals surface area contributed by atoms with Gasteiger partial charge < -0.3 is 9.52 Å². The van der Waals surface area contributed by atoms with Crippen molar-refractivity contribution >= 4 is 17.8 Å². The van der Waals surface area contributed by atoms with Crippen LogP contribution in [-0.4, -0.2) is 27.8 Å². The first-order valence-corrected chi connectivity index (χ1v) is 5.27. The first kappa shape index (κ1) is 12.1. The standard InChI is InChI=1S/C12H11NO5/c1-6-3-10(14)13(11(6)15)5-8-4-9(12(16)17)7(2)18-8/h3-4H,5H2,1-2H3,(H,16,17). The molecule has 0 saturated carbocycles. The molecule has 0 unspecified atom stereocenters. The number of nitrogens with zero attached hydrogens (tertiary/aromatic N) is 1. The van der Waals surface area contributed by atoms with Crippen LogP contribution in [0.4, 0.5) is 0 Å². The molecule has 0 spiro atoms. The van der Waals surface area contributed by atoms with Gasteiger partial charge in [0.1, 0.15) is 17.1 Å². The highest BCUT2D eigenvalue weighted by atomic mass is 16.4. The van der Waals surface area contributed by atoms with Gasteiger partial charge in [0.05, 0.1) is 6.54 Å². The molecule has 6 nitrogen and oxygen atoms in total. The number of amides is 2. The van der Waals surface area contributed by atoms with Crippen LogP contribution in [0.1, 0.15) is 28.8 Å². The van der Waals surface area contributed by atoms with Crippen molar-refractivity contribution in [3.63, 3.8) is 0 Å². The number of aromatic carboxylic acids is 1. The zero-order valence-electron chi connectivity index (χ0n) is 9.89. The Balaban J connectivity index is 2.21. The lowest BCUT2D eigenvalue weighted by Crippen LogP contribution is -2.29. The Hall–Kier alpha value is -2.37. The van der Waals surface area contributed by atoms with Gasteiger partial charge in [0.15, 0.2) is 0 Å². The van der Waals surface area contributed by atoms with Crippen molar-refractivity contribution in [3.8, 4) is 0 Å². The van der Waals surface area contributed by atoms with E-state index in [1.54, 1.807) is 6.92 Å². The number of rotatable bonds is 3. The topological polar surface area (TPSA) is 87.8 Å². The fourth-order valence-corrected chi connectivity index (χ4v) is 1.78. The minimum absolute atomic E-state index is 0.0359. The van der Waals surface area contributed by atoms with Gasteiger partial charge in [-0.3, -0.25) is 14.5 Å². The Bertz CT molecular complexity index is 581. The lowest BCUT2D eigenvalue weighted by atomic mass is 10.2. The number of hydrogen-bond acceptors (Lipinski definition) is 4. The average Bonchev–Trinajstić information content (AvgIpc) is 2.75. The zero-order valence-corrected chi connectivity index (χ0v) is 9.89. The number of carboxylic acid groups (broad SMARTS) is 1. The van der Waals surface area contributed by atoms with Crippen LogP contribution in [0.15, 0.2) is 22.1 Å². The van der Waals surface area contributed by atoms with Crippen molar-refractivity contribution in [1.29, 1.82) is 0 Å². The second kappa shape index (κ2) is 4.14. The molecule has 94 valence electrons. The lowest BCUT2D eigenvalue weighted by Gasteiger charge is -2.11. The Morgan fingerprint density at radius 3 is 2.50 bits per heavy atom. The van der Waals surface area contributed by atoms with Crippen LogP contribution in [0.5, 0.6) is 0 Å². The van der Waals surface area contributed by atoms with Crippen LogP contribution in [0.2, 0.25) is 0 Å². The van der Waals surface area contributed by atoms with Crippen molar-refractivity contribution in [2.75, 3.05) is 0 Å². The maximum absolute atomic E-state index is 11.6. The smallest absolute Gasteiger partial charge is 0.339 e. The molecule has 2 rings (SSSR count). The van der Waals surface area contributed by atoms with E-state index in [0.29, 0.717) is 5.57 Å². The third-order valence-corrected chi connectivity index (χ3v) is 2.70. The van der Waals surface area contributed by atoms with Gasteiger partial charge in [-0.15, -0.1) is 0 Å². The second-order valence-electron chi connectivity index (χ2n) is 4.04. The monoisotopic (exact) mass is 249 g/mol. The van der Waals surface area contributed by atoms with Gasteiger partial charge in [0.2, 0.25) is 0 Å². The molecule has 0 fully saturated rings. The molecule has 1 aliphatic rings. The maximum atomic E-state index is 11.6. The van der Waals surface area contributed by atoms with E-state index in [1.807, 2.05) is 0 Å². The van der Waals surface area contributed by atoms with Crippen molar-refractivity contribution in [2.24, 2.45) is 0 Å². The lowest BCUT2D eigenvalue weighted by molar-refractivity contribution is -0.138. The predicted molar refractivity (Wildman–Crippen MR) is 59.7 cm³/mol. The van der Waals surface area contributed by atoms with Crippen LogP contribution in [-0.2, 0) is 16.1 Å². The van der Waals surface area contributed by atoms with Gasteiger partial charge in [-0.2, -0.15) is 0 Å². The Kier molecular flexibility index (Phi) is 2.78. The SMILES string of the molecule is CC1=CC(=O)N(Cc2cc(C(=O)O)c(C)o2)C1=O. The van der Waals surface area contributed by atoms with Gasteiger partial charge in [0.25, 0.3) is 11.8 Å². The van der Waals surface area contributed by atoms with Gasteiger partial charge >= 0.3 is 5.97 Å². The van der Waals surface area contributed by atoms with Crippen LogP contribution >= 0.6 is 0 Å². The summed E-state index contributed by atoms with van der Waals surface area (Å²) in [6.07, 6.45) is 1.25. The van der Waals surface area contributed by atoms with Crippen LogP contribution < -0.4 is 0 Å². The fourth-order valence-electron chi connectivity index (χ4n) is 1.78. The number of furan rings is 1. The van der Waals surface area contributed by atoms with Crippen molar-refractivity contribution in [1.82, 2.24) is 4.90 Å². The number of carbonyl (C=O) groups excluding carboxylic acids is 2. The molecule has 0 saturated heterocycles. The minimum atomic E-state index is -1.10. The van der Waals surface area contributed by atoms with E-state index >= 15 is 0 Å². The highest BCUT2D eigenvalue weighted by Crippen LogP contribution is 2.20. The largest absolute Gasteiger partial charge is 0.478 e. The van der Waals surface area contributed by atoms with Crippen LogP contribution in [0.25, 0.3) is 0 Å². The molecule has 2 heterocycles. The first-order valence-electron chi connectivity index (χ1n) is 5.27. The summed E-state index contributed by atoms with van der Waals surface area (Å²) in [6, 6.07) is 1.33. The Morgan fingerprint density at radius 1 is 1.39 bits per heavy atom. The van der Waals surface area contributed by atoms with E-state index in [-0.39, 0.29) is 29.5 Å². The van der Waals surface area contributed by atoms with Crippen molar-refractivity contribution < 1.29 is 23.9 Å². The maximum Gasteiger partial charge on any atom is 0.339 e. The van der Waals surface area contributed by atoms with Crippen LogP contribution in [0.3, 0.4) is 0 Å². The average molecular weight is 249 g/mol. The van der Waals surface area contributed by atoms with Crippen LogP contribution in [0, 0.1) is 6.92 Å². The van der Waals surface area contributed by atoms with Gasteiger partial charge in [0, 0.05) is 11.6 Å². The molecule has 1 N–H and O–H groups in total. The van der Waals surface area contributed by atoms with E-state index < -0.39 is 11.9 Å². The van der Waals surface area contributed by atoms with E-state index in [9.17, 15) is 14.4 Å². The summed E-state index contributed by atoms with van der Waals surface area (Å²) in [7, 11) is 0. The van der Waals surface area contributed by atoms with Gasteiger partial charge in [-0.1, -0.05) is 0 Å². The molecule has 0 aromatic carbocycles. The molecule has 1 aromatic heterocycles. The summed E-state index contributed by atoms with van der Waals surface area (Å²) < 4.78 is 5.22. The molecule has 18 heavy (non-hydrogen) atoms. The molecule has 1 aromatic rings. The summed E-state index contributed by atoms with van der Waals surface area (Å²) in [5.74, 6) is -1.37. The molecule has 0 radical (unpaired) electrons. The van der Waals surface area contributed by atoms with E-state index in [4.69, 9.17) is 9.52 Å². The normalized spacial score (nSPS) is 15.2. The minimum Gasteiger partial charge on any atom is -0.478 e. The molecule has 0 bridgehead atoms. The van der Waals surface area contributed by atoms with Crippen molar-refractivity contribution in [3.05, 3.63) is 34.8 Å². The highest BCUT2D eigenvalue weighted by Gasteiger charge is 2.29. The molecular weight excluding hydrogens is 238 g/mol. The molecule has 0 aliphatic carbocycles. The number of carbonyl (C=O) groups is 3. The summed E-state index contributed by atoms with van der Waals surface area (Å²) in [5, 5.41) is 8.87. The predicted octanol–water partition coefficient (Wildman–Crippen LogP) is 1.10. The number of hydrogen-bond donors (Lipinski definition) is 1. The van der Waals surface area contributed by atoms with E-state index in [1.165, 1.54) is 19.1 Å². The third kappa shape index (κ3) is 1.92. The number of imide groups is 1. The Labute approximate surface area is 102 Å². The molecular formula is C12H11NO5. The summed E-state index contributed by atoms with van der Waals surface area (Å²) in [5.41, 5.74) is 0.399. The van der Waals surface area contributed by atoms with Gasteiger partial charge in [-0.25, -0.2) is 4.79 Å². The molecule has 0 atom stereocenters. The summed E-state index contributed by atoms with van der Waals surface area (Å²) >= 11 is 0. The summed E-state index contributed by atoms with van der Waals surface area (Å²) in [6.45, 7) is 3.01. The number of aryl methyl sites for hydroxylation is 1. The first-order chi connectivity index (χ1) is 8.40. The molecule has 2 amide bonds. The zero-order chi connectivity index (χ0) is 13.4. The van der Waals surface area contributed by atoms with Crippen molar-refractivity contribution in [2.45, 2.75) is 20.4 Å². The summed E-state index contributed by atoms with van der Waals surface area (Å²) in [4.78, 5) is 35.0.